The van der Waals surface area contributed by atoms with E-state index in [4.69, 9.17) is 4.74 Å². The second-order valence-electron chi connectivity index (χ2n) is 5.12. The number of rotatable bonds is 8. The van der Waals surface area contributed by atoms with Crippen molar-refractivity contribution in [1.82, 2.24) is 5.32 Å². The van der Waals surface area contributed by atoms with Gasteiger partial charge in [-0.05, 0) is 30.7 Å². The number of amides is 1. The number of hydrogen-bond donors (Lipinski definition) is 2. The summed E-state index contributed by atoms with van der Waals surface area (Å²) in [5.41, 5.74) is 1.17. The molecule has 5 heteroatoms. The fraction of sp³-hybridized carbons (Fsp3) is 0.500. The molecule has 1 rings (SSSR count). The number of carbonyl (C=O) groups is 2. The Hall–Kier alpha value is -1.88. The summed E-state index contributed by atoms with van der Waals surface area (Å²) in [5, 5.41) is 5.98. The van der Waals surface area contributed by atoms with E-state index in [1.54, 1.807) is 24.3 Å². The van der Waals surface area contributed by atoms with Crippen LogP contribution in [0, 0.1) is 0 Å². The maximum Gasteiger partial charge on any atom is 0.338 e. The van der Waals surface area contributed by atoms with Crippen molar-refractivity contribution < 1.29 is 14.3 Å². The highest BCUT2D eigenvalue weighted by Gasteiger charge is 2.07. The van der Waals surface area contributed by atoms with Gasteiger partial charge in [-0.25, -0.2) is 4.79 Å². The summed E-state index contributed by atoms with van der Waals surface area (Å²) < 4.78 is 5.04. The van der Waals surface area contributed by atoms with Crippen LogP contribution >= 0.6 is 0 Å². The van der Waals surface area contributed by atoms with E-state index in [0.717, 1.165) is 6.42 Å². The molecule has 0 saturated carbocycles. The number of anilines is 1. The molecular weight excluding hydrogens is 268 g/mol. The third kappa shape index (κ3) is 6.90. The average molecular weight is 292 g/mol. The third-order valence-corrected chi connectivity index (χ3v) is 2.75. The van der Waals surface area contributed by atoms with Crippen molar-refractivity contribution in [2.45, 2.75) is 39.7 Å². The van der Waals surface area contributed by atoms with Gasteiger partial charge in [-0.1, -0.05) is 20.8 Å². The molecule has 21 heavy (non-hydrogen) atoms. The fourth-order valence-corrected chi connectivity index (χ4v) is 1.67. The quantitative estimate of drug-likeness (QED) is 0.723. The zero-order valence-electron chi connectivity index (χ0n) is 12.9. The molecule has 1 aromatic carbocycles. The number of benzene rings is 1. The Morgan fingerprint density at radius 3 is 2.43 bits per heavy atom. The van der Waals surface area contributed by atoms with E-state index in [0.29, 0.717) is 36.9 Å². The first-order valence-electron chi connectivity index (χ1n) is 7.33. The zero-order chi connectivity index (χ0) is 15.7. The summed E-state index contributed by atoms with van der Waals surface area (Å²) in [7, 11) is 0. The SMILES string of the molecule is CCCOC(=O)c1ccc(NC(=O)CCNC(C)C)cc1. The number of nitrogens with one attached hydrogen (secondary N) is 2. The van der Waals surface area contributed by atoms with Crippen LogP contribution in [0.4, 0.5) is 5.69 Å². The minimum atomic E-state index is -0.337. The van der Waals surface area contributed by atoms with Crippen molar-refractivity contribution in [2.75, 3.05) is 18.5 Å². The van der Waals surface area contributed by atoms with Gasteiger partial charge in [0.2, 0.25) is 5.91 Å². The van der Waals surface area contributed by atoms with Crippen molar-refractivity contribution in [3.8, 4) is 0 Å². The average Bonchev–Trinajstić information content (AvgIpc) is 2.45. The second kappa shape index (κ2) is 9.13. The van der Waals surface area contributed by atoms with Gasteiger partial charge in [-0.2, -0.15) is 0 Å². The molecule has 0 atom stereocenters. The molecule has 0 aliphatic rings. The summed E-state index contributed by atoms with van der Waals surface area (Å²) in [5.74, 6) is -0.389. The molecule has 0 aliphatic heterocycles. The van der Waals surface area contributed by atoms with Crippen molar-refractivity contribution in [2.24, 2.45) is 0 Å². The van der Waals surface area contributed by atoms with Gasteiger partial charge < -0.3 is 15.4 Å². The molecule has 0 aliphatic carbocycles. The lowest BCUT2D eigenvalue weighted by atomic mass is 10.2. The van der Waals surface area contributed by atoms with Gasteiger partial charge in [0, 0.05) is 24.7 Å². The van der Waals surface area contributed by atoms with Crippen LogP contribution in [-0.2, 0) is 9.53 Å². The van der Waals surface area contributed by atoms with Gasteiger partial charge in [0.05, 0.1) is 12.2 Å². The Balaban J connectivity index is 2.43. The molecule has 0 heterocycles. The van der Waals surface area contributed by atoms with E-state index < -0.39 is 0 Å². The van der Waals surface area contributed by atoms with E-state index in [1.807, 2.05) is 20.8 Å². The molecule has 116 valence electrons. The van der Waals surface area contributed by atoms with Crippen LogP contribution in [0.2, 0.25) is 0 Å². The maximum absolute atomic E-state index is 11.7. The van der Waals surface area contributed by atoms with Crippen LogP contribution in [0.3, 0.4) is 0 Å². The molecule has 0 spiro atoms. The van der Waals surface area contributed by atoms with Crippen LogP contribution in [0.25, 0.3) is 0 Å². The summed E-state index contributed by atoms with van der Waals surface area (Å²) in [6.45, 7) is 7.08. The lowest BCUT2D eigenvalue weighted by Gasteiger charge is -2.09. The molecular formula is C16H24N2O3. The molecule has 0 aromatic heterocycles. The highest BCUT2D eigenvalue weighted by molar-refractivity contribution is 5.93. The highest BCUT2D eigenvalue weighted by Crippen LogP contribution is 2.11. The van der Waals surface area contributed by atoms with Gasteiger partial charge in [0.25, 0.3) is 0 Å². The molecule has 0 bridgehead atoms. The monoisotopic (exact) mass is 292 g/mol. The number of hydrogen-bond acceptors (Lipinski definition) is 4. The normalized spacial score (nSPS) is 10.5. The summed E-state index contributed by atoms with van der Waals surface area (Å²) in [6.07, 6.45) is 1.21. The van der Waals surface area contributed by atoms with Crippen LogP contribution in [0.5, 0.6) is 0 Å². The first-order chi connectivity index (χ1) is 10.0. The van der Waals surface area contributed by atoms with Crippen molar-refractivity contribution in [3.05, 3.63) is 29.8 Å². The Morgan fingerprint density at radius 1 is 1.19 bits per heavy atom. The minimum Gasteiger partial charge on any atom is -0.462 e. The Kier molecular flexibility index (Phi) is 7.46. The van der Waals surface area contributed by atoms with Crippen molar-refractivity contribution in [1.29, 1.82) is 0 Å². The summed E-state index contributed by atoms with van der Waals surface area (Å²) >= 11 is 0. The third-order valence-electron chi connectivity index (χ3n) is 2.75. The maximum atomic E-state index is 11.7. The van der Waals surface area contributed by atoms with Crippen LogP contribution in [-0.4, -0.2) is 31.1 Å². The van der Waals surface area contributed by atoms with E-state index in [2.05, 4.69) is 10.6 Å². The second-order valence-corrected chi connectivity index (χ2v) is 5.12. The number of esters is 1. The smallest absolute Gasteiger partial charge is 0.338 e. The van der Waals surface area contributed by atoms with Gasteiger partial charge in [0.1, 0.15) is 0 Å². The lowest BCUT2D eigenvalue weighted by molar-refractivity contribution is -0.116. The first-order valence-corrected chi connectivity index (χ1v) is 7.33. The summed E-state index contributed by atoms with van der Waals surface area (Å²) in [6, 6.07) is 7.08. The van der Waals surface area contributed by atoms with Gasteiger partial charge in [-0.3, -0.25) is 4.79 Å². The molecule has 0 fully saturated rings. The van der Waals surface area contributed by atoms with Crippen LogP contribution in [0.1, 0.15) is 44.0 Å². The minimum absolute atomic E-state index is 0.0514. The van der Waals surface area contributed by atoms with Crippen LogP contribution < -0.4 is 10.6 Å². The van der Waals surface area contributed by atoms with E-state index in [9.17, 15) is 9.59 Å². The molecule has 1 amide bonds. The lowest BCUT2D eigenvalue weighted by Crippen LogP contribution is -2.27. The van der Waals surface area contributed by atoms with Crippen molar-refractivity contribution in [3.63, 3.8) is 0 Å². The first kappa shape index (κ1) is 17.2. The van der Waals surface area contributed by atoms with Gasteiger partial charge in [0.15, 0.2) is 0 Å². The fourth-order valence-electron chi connectivity index (χ4n) is 1.67. The predicted octanol–water partition coefficient (Wildman–Crippen LogP) is 2.58. The summed E-state index contributed by atoms with van der Waals surface area (Å²) in [4.78, 5) is 23.3. The van der Waals surface area contributed by atoms with Gasteiger partial charge >= 0.3 is 5.97 Å². The standard InChI is InChI=1S/C16H24N2O3/c1-4-11-21-16(20)13-5-7-14(8-6-13)18-15(19)9-10-17-12(2)3/h5-8,12,17H,4,9-11H2,1-3H3,(H,18,19). The molecule has 0 unspecified atom stereocenters. The van der Waals surface area contributed by atoms with E-state index in [1.165, 1.54) is 0 Å². The largest absolute Gasteiger partial charge is 0.462 e. The Labute approximate surface area is 126 Å². The predicted molar refractivity (Wildman–Crippen MR) is 83.4 cm³/mol. The van der Waals surface area contributed by atoms with E-state index >= 15 is 0 Å². The molecule has 5 nitrogen and oxygen atoms in total. The van der Waals surface area contributed by atoms with E-state index in [-0.39, 0.29) is 11.9 Å². The molecule has 0 saturated heterocycles. The van der Waals surface area contributed by atoms with Crippen molar-refractivity contribution >= 4 is 17.6 Å². The Bertz CT molecular complexity index is 455. The van der Waals surface area contributed by atoms with Crippen LogP contribution in [0.15, 0.2) is 24.3 Å². The topological polar surface area (TPSA) is 67.4 Å². The molecule has 0 radical (unpaired) electrons. The number of ether oxygens (including phenoxy) is 1. The number of carbonyl (C=O) groups excluding carboxylic acids is 2. The Morgan fingerprint density at radius 2 is 1.86 bits per heavy atom. The van der Waals surface area contributed by atoms with Gasteiger partial charge in [-0.15, -0.1) is 0 Å². The zero-order valence-corrected chi connectivity index (χ0v) is 12.9. The molecule has 2 N–H and O–H groups in total. The molecule has 1 aromatic rings. The highest BCUT2D eigenvalue weighted by atomic mass is 16.5.